The molecule has 58 heavy (non-hydrogen) atoms. The van der Waals surface area contributed by atoms with Gasteiger partial charge in [-0.1, -0.05) is 0 Å². The second-order valence-electron chi connectivity index (χ2n) is 16.9. The summed E-state index contributed by atoms with van der Waals surface area (Å²) in [4.78, 5) is 0. The molecule has 10 rings (SSSR count). The van der Waals surface area contributed by atoms with Crippen LogP contribution in [-0.4, -0.2) is 5.43 Å². The Bertz CT molecular complexity index is 2820. The van der Waals surface area contributed by atoms with Crippen molar-refractivity contribution >= 4 is 60.7 Å². The van der Waals surface area contributed by atoms with E-state index in [1.165, 1.54) is 76.5 Å². The molecule has 0 heterocycles. The topological polar surface area (TPSA) is 0 Å². The minimum Gasteiger partial charge on any atom is -1.00 e. The Hall–Kier alpha value is -4.04. The molecule has 8 aromatic carbocycles. The van der Waals surface area contributed by atoms with Gasteiger partial charge in [-0.05, 0) is 0 Å². The molecule has 0 nitrogen and oxygen atoms in total. The number of rotatable bonds is 6. The van der Waals surface area contributed by atoms with Crippen molar-refractivity contribution in [3.05, 3.63) is 179 Å². The molecule has 0 bridgehead atoms. The molecule has 0 saturated carbocycles. The van der Waals surface area contributed by atoms with E-state index in [0.717, 1.165) is 0 Å². The average molecular weight is 887 g/mol. The largest absolute Gasteiger partial charge is 1.00 e. The van der Waals surface area contributed by atoms with Crippen molar-refractivity contribution in [1.82, 2.24) is 0 Å². The molecule has 0 aliphatic heterocycles. The predicted molar refractivity (Wildman–Crippen MR) is 242 cm³/mol. The van der Waals surface area contributed by atoms with Crippen LogP contribution >= 0.6 is 0 Å². The third-order valence-corrected chi connectivity index (χ3v) is 32.2. The summed E-state index contributed by atoms with van der Waals surface area (Å²) in [5.74, 6) is 0.987. The monoisotopic (exact) mass is 884 g/mol. The molecule has 0 spiro atoms. The van der Waals surface area contributed by atoms with Crippen molar-refractivity contribution in [2.24, 2.45) is 11.8 Å². The van der Waals surface area contributed by atoms with Gasteiger partial charge in [0.25, 0.3) is 0 Å². The Labute approximate surface area is 364 Å². The third kappa shape index (κ3) is 6.51. The van der Waals surface area contributed by atoms with Crippen molar-refractivity contribution in [3.63, 3.8) is 0 Å². The van der Waals surface area contributed by atoms with Crippen molar-refractivity contribution in [2.75, 3.05) is 0 Å². The van der Waals surface area contributed by atoms with Crippen molar-refractivity contribution in [2.45, 2.75) is 48.0 Å². The van der Waals surface area contributed by atoms with Gasteiger partial charge in [0.15, 0.2) is 0 Å². The average Bonchev–Trinajstić information content (AvgIpc) is 3.80. The van der Waals surface area contributed by atoms with Gasteiger partial charge in [0.1, 0.15) is 0 Å². The maximum atomic E-state index is 2.67. The van der Waals surface area contributed by atoms with E-state index in [-0.39, 0.29) is 24.8 Å². The van der Waals surface area contributed by atoms with Crippen LogP contribution < -0.4 is 24.8 Å². The first-order valence-corrected chi connectivity index (χ1v) is 29.5. The zero-order chi connectivity index (χ0) is 38.2. The smallest absolute Gasteiger partial charge is 1.00 e. The van der Waals surface area contributed by atoms with Crippen LogP contribution in [0.1, 0.15) is 57.2 Å². The van der Waals surface area contributed by atoms with Gasteiger partial charge in [0.2, 0.25) is 0 Å². The fraction of sp³-hybridized carbons (Fsp3) is 0.185. The molecule has 0 fully saturated rings. The fourth-order valence-electron chi connectivity index (χ4n) is 10.3. The third-order valence-electron chi connectivity index (χ3n) is 12.8. The van der Waals surface area contributed by atoms with Crippen LogP contribution in [-0.2, 0) is 20.4 Å². The maximum absolute atomic E-state index is 2.67. The Morgan fingerprint density at radius 2 is 0.776 bits per heavy atom. The first kappa shape index (κ1) is 40.7. The van der Waals surface area contributed by atoms with E-state index < -0.39 is 25.8 Å². The summed E-state index contributed by atoms with van der Waals surface area (Å²) in [5, 5.41) is 10.7. The zero-order valence-corrected chi connectivity index (χ0v) is 39.0. The summed E-state index contributed by atoms with van der Waals surface area (Å²) in [6.07, 6.45) is 5.34. The minimum absolute atomic E-state index is 0. The van der Waals surface area contributed by atoms with E-state index in [1.807, 2.05) is 0 Å². The van der Waals surface area contributed by atoms with Gasteiger partial charge in [-0.25, -0.2) is 0 Å². The number of hydrogen-bond acceptors (Lipinski definition) is 0. The number of hydrogen-bond donors (Lipinski definition) is 0. The minimum atomic E-state index is -2.41. The molecule has 2 aliphatic carbocycles. The second-order valence-corrected chi connectivity index (χ2v) is 34.8. The molecule has 0 saturated heterocycles. The van der Waals surface area contributed by atoms with Gasteiger partial charge >= 0.3 is 342 Å². The van der Waals surface area contributed by atoms with E-state index in [1.54, 1.807) is 22.3 Å². The Morgan fingerprint density at radius 1 is 0.414 bits per heavy atom. The van der Waals surface area contributed by atoms with Gasteiger partial charge in [-0.2, -0.15) is 0 Å². The van der Waals surface area contributed by atoms with Crippen LogP contribution in [0.15, 0.2) is 157 Å². The maximum Gasteiger partial charge on any atom is -1.00 e. The molecule has 0 amide bonds. The Kier molecular flexibility index (Phi) is 11.4. The summed E-state index contributed by atoms with van der Waals surface area (Å²) in [6.45, 7) is 15.2. The summed E-state index contributed by atoms with van der Waals surface area (Å²) in [5.41, 5.74) is 14.4. The molecule has 4 heteroatoms. The SMILES string of the molecule is CC(C)C1=Cc2c(-c3cc4ccccc4c4ccccc34)cccc2[CH]1[Zr+2]([CH]1C(C(C)C)=Cc2c(-c3cc4ccccc4c4ccccc34)cccc21)=[Si](C)C.[Cl-].[Cl-]. The summed E-state index contributed by atoms with van der Waals surface area (Å²) in [6, 6.07) is 55.5. The summed E-state index contributed by atoms with van der Waals surface area (Å²) >= 11 is -2.41. The van der Waals surface area contributed by atoms with Gasteiger partial charge < -0.3 is 24.8 Å². The quantitative estimate of drug-likeness (QED) is 0.115. The van der Waals surface area contributed by atoms with Gasteiger partial charge in [-0.15, -0.1) is 0 Å². The van der Waals surface area contributed by atoms with Crippen LogP contribution in [0.4, 0.5) is 0 Å². The molecule has 286 valence electrons. The Morgan fingerprint density at radius 3 is 1.16 bits per heavy atom. The van der Waals surface area contributed by atoms with E-state index in [9.17, 15) is 0 Å². The van der Waals surface area contributed by atoms with E-state index in [4.69, 9.17) is 0 Å². The van der Waals surface area contributed by atoms with Crippen LogP contribution in [0.2, 0.25) is 13.1 Å². The molecule has 0 N–H and O–H groups in total. The van der Waals surface area contributed by atoms with Crippen LogP contribution in [0.5, 0.6) is 0 Å². The van der Waals surface area contributed by atoms with Crippen LogP contribution in [0, 0.1) is 11.8 Å². The number of benzene rings is 8. The molecule has 8 aromatic rings. The van der Waals surface area contributed by atoms with E-state index in [2.05, 4.69) is 199 Å². The van der Waals surface area contributed by atoms with Gasteiger partial charge in [-0.3, -0.25) is 0 Å². The van der Waals surface area contributed by atoms with Crippen molar-refractivity contribution in [3.8, 4) is 22.3 Å². The molecule has 0 aromatic heterocycles. The standard InChI is InChI=1S/2C26H21.C2H6Si.2ClH.Zr/c2*1-17(2)20-14-18-9-7-13-24(25(18)16-20)26-15-19-8-3-4-10-21(19)22-11-5-6-12-23(22)26;1-3-2;;;/h2*3-17H,1-2H3;1-2H3;2*1H;/q;;;;;+2/p-2. The summed E-state index contributed by atoms with van der Waals surface area (Å²) in [7, 11) is 0. The van der Waals surface area contributed by atoms with Gasteiger partial charge in [0.05, 0.1) is 0 Å². The molecular weight excluding hydrogens is 839 g/mol. The molecule has 2 unspecified atom stereocenters. The first-order chi connectivity index (χ1) is 27.3. The zero-order valence-electron chi connectivity index (χ0n) is 34.1. The van der Waals surface area contributed by atoms with Crippen LogP contribution in [0.3, 0.4) is 0 Å². The first-order valence-electron chi connectivity index (χ1n) is 20.5. The molecular formula is C54H48Cl2SiZr. The summed E-state index contributed by atoms with van der Waals surface area (Å²) < 4.78 is 1.12. The predicted octanol–water partition coefficient (Wildman–Crippen LogP) is 9.40. The van der Waals surface area contributed by atoms with Gasteiger partial charge in [0, 0.05) is 0 Å². The molecule has 2 atom stereocenters. The van der Waals surface area contributed by atoms with Crippen molar-refractivity contribution in [1.29, 1.82) is 0 Å². The number of allylic oxidation sites excluding steroid dienone is 2. The van der Waals surface area contributed by atoms with E-state index in [0.29, 0.717) is 19.1 Å². The molecule has 0 radical (unpaired) electrons. The van der Waals surface area contributed by atoms with E-state index >= 15 is 0 Å². The van der Waals surface area contributed by atoms with Crippen molar-refractivity contribution < 1.29 is 45.2 Å². The molecule has 2 aliphatic rings. The fourth-order valence-corrected chi connectivity index (χ4v) is 31.3. The second kappa shape index (κ2) is 16.2. The normalized spacial score (nSPS) is 15.5. The van der Waals surface area contributed by atoms with Crippen LogP contribution in [0.25, 0.3) is 77.5 Å². The number of halogens is 2. The Balaban J connectivity index is 0.00000235. The number of fused-ring (bicyclic) bond motifs is 8.